The van der Waals surface area contributed by atoms with Crippen LogP contribution in [0.15, 0.2) is 54.7 Å². The largest absolute Gasteiger partial charge is 0.426 e. The highest BCUT2D eigenvalue weighted by Gasteiger charge is 2.55. The van der Waals surface area contributed by atoms with Gasteiger partial charge < -0.3 is 4.90 Å². The fourth-order valence-electron chi connectivity index (χ4n) is 5.62. The Bertz CT molecular complexity index is 1240. The first-order valence-corrected chi connectivity index (χ1v) is 12.1. The number of aromatic nitrogens is 1. The third-order valence-electron chi connectivity index (χ3n) is 7.54. The number of hydrogen-bond acceptors (Lipinski definition) is 3. The molecule has 1 saturated heterocycles. The van der Waals surface area contributed by atoms with E-state index in [2.05, 4.69) is 4.37 Å². The number of nitrogens with zero attached hydrogens (tertiary/aromatic N) is 2. The van der Waals surface area contributed by atoms with E-state index >= 15 is 0 Å². The third-order valence-corrected chi connectivity index (χ3v) is 8.28. The van der Waals surface area contributed by atoms with Gasteiger partial charge >= 0.3 is 6.18 Å². The maximum absolute atomic E-state index is 14.8. The van der Waals surface area contributed by atoms with Crippen LogP contribution in [0.5, 0.6) is 0 Å². The minimum atomic E-state index is -5.03. The molecule has 1 amide bonds. The SMILES string of the molecule is CC(F)(c1ccc2c(c1)CCC1CN(C(=O)c3ccns3)CC21Cc1ccc(F)cc1)C(F)(F)F. The van der Waals surface area contributed by atoms with Gasteiger partial charge in [0.2, 0.25) is 5.67 Å². The molecule has 0 bridgehead atoms. The maximum Gasteiger partial charge on any atom is 0.426 e. The number of carbonyl (C=O) groups is 1. The van der Waals surface area contributed by atoms with E-state index in [1.54, 1.807) is 35.4 Å². The van der Waals surface area contributed by atoms with Crippen LogP contribution in [-0.2, 0) is 23.9 Å². The average molecular weight is 507 g/mol. The normalized spacial score (nSPS) is 23.5. The maximum atomic E-state index is 14.8. The minimum absolute atomic E-state index is 0.0575. The molecule has 0 spiro atoms. The first-order valence-electron chi connectivity index (χ1n) is 11.4. The first kappa shape index (κ1) is 23.9. The summed E-state index contributed by atoms with van der Waals surface area (Å²) in [6.45, 7) is 1.41. The van der Waals surface area contributed by atoms with Gasteiger partial charge in [-0.05, 0) is 84.1 Å². The molecule has 3 nitrogen and oxygen atoms in total. The zero-order chi connectivity index (χ0) is 25.0. The summed E-state index contributed by atoms with van der Waals surface area (Å²) >= 11 is 1.12. The molecule has 2 aliphatic rings. The highest BCUT2D eigenvalue weighted by Crippen LogP contribution is 2.51. The van der Waals surface area contributed by atoms with Gasteiger partial charge in [-0.3, -0.25) is 4.79 Å². The van der Waals surface area contributed by atoms with Crippen LogP contribution in [0.1, 0.15) is 45.3 Å². The number of benzene rings is 2. The molecule has 1 aliphatic heterocycles. The molecule has 9 heteroatoms. The number of halogens is 5. The predicted molar refractivity (Wildman–Crippen MR) is 123 cm³/mol. The Labute approximate surface area is 203 Å². The van der Waals surface area contributed by atoms with Crippen molar-refractivity contribution in [2.24, 2.45) is 5.92 Å². The van der Waals surface area contributed by atoms with Gasteiger partial charge in [-0.1, -0.05) is 30.3 Å². The van der Waals surface area contributed by atoms with Crippen molar-refractivity contribution >= 4 is 17.4 Å². The minimum Gasteiger partial charge on any atom is -0.337 e. The van der Waals surface area contributed by atoms with E-state index in [0.717, 1.165) is 22.7 Å². The molecule has 5 rings (SSSR count). The molecule has 1 aromatic heterocycles. The smallest absolute Gasteiger partial charge is 0.337 e. The Morgan fingerprint density at radius 2 is 1.89 bits per heavy atom. The van der Waals surface area contributed by atoms with Crippen molar-refractivity contribution in [3.63, 3.8) is 0 Å². The molecule has 0 N–H and O–H groups in total. The number of fused-ring (bicyclic) bond motifs is 3. The molecule has 3 aromatic rings. The fourth-order valence-corrected chi connectivity index (χ4v) is 6.18. The van der Waals surface area contributed by atoms with Crippen molar-refractivity contribution in [2.45, 2.75) is 43.4 Å². The number of carbonyl (C=O) groups excluding carboxylic acids is 1. The van der Waals surface area contributed by atoms with E-state index in [9.17, 15) is 26.7 Å². The van der Waals surface area contributed by atoms with Crippen LogP contribution in [-0.4, -0.2) is 34.4 Å². The summed E-state index contributed by atoms with van der Waals surface area (Å²) in [6.07, 6.45) is -1.83. The van der Waals surface area contributed by atoms with Crippen molar-refractivity contribution < 1.29 is 26.7 Å². The lowest BCUT2D eigenvalue weighted by Crippen LogP contribution is -2.42. The average Bonchev–Trinajstić information content (AvgIpc) is 3.47. The van der Waals surface area contributed by atoms with Crippen LogP contribution in [0.2, 0.25) is 0 Å². The number of amides is 1. The van der Waals surface area contributed by atoms with Crippen molar-refractivity contribution in [3.8, 4) is 0 Å². The van der Waals surface area contributed by atoms with Gasteiger partial charge in [-0.2, -0.15) is 13.2 Å². The highest BCUT2D eigenvalue weighted by atomic mass is 32.1. The lowest BCUT2D eigenvalue weighted by atomic mass is 9.62. The first-order chi connectivity index (χ1) is 16.5. The Morgan fingerprint density at radius 3 is 2.54 bits per heavy atom. The predicted octanol–water partition coefficient (Wildman–Crippen LogP) is 6.23. The van der Waals surface area contributed by atoms with E-state index < -0.39 is 22.8 Å². The molecule has 0 saturated carbocycles. The molecular weight excluding hydrogens is 483 g/mol. The topological polar surface area (TPSA) is 33.2 Å². The van der Waals surface area contributed by atoms with E-state index in [1.807, 2.05) is 0 Å². The molecule has 1 fully saturated rings. The van der Waals surface area contributed by atoms with Gasteiger partial charge in [0.1, 0.15) is 10.7 Å². The van der Waals surface area contributed by atoms with Gasteiger partial charge in [-0.15, -0.1) is 0 Å². The van der Waals surface area contributed by atoms with Crippen molar-refractivity contribution in [2.75, 3.05) is 13.1 Å². The van der Waals surface area contributed by atoms with Crippen molar-refractivity contribution in [1.29, 1.82) is 0 Å². The number of rotatable bonds is 4. The molecule has 184 valence electrons. The number of hydrogen-bond donors (Lipinski definition) is 0. The summed E-state index contributed by atoms with van der Waals surface area (Å²) < 4.78 is 72.5. The van der Waals surface area contributed by atoms with E-state index in [-0.39, 0.29) is 17.6 Å². The molecule has 2 heterocycles. The Morgan fingerprint density at radius 1 is 1.14 bits per heavy atom. The third kappa shape index (κ3) is 4.03. The lowest BCUT2D eigenvalue weighted by molar-refractivity contribution is -0.228. The second kappa shape index (κ2) is 8.40. The fraction of sp³-hybridized carbons (Fsp3) is 0.385. The second-order valence-corrected chi connectivity index (χ2v) is 10.5. The van der Waals surface area contributed by atoms with E-state index in [1.165, 1.54) is 24.3 Å². The number of alkyl halides is 4. The molecule has 3 atom stereocenters. The Kier molecular flexibility index (Phi) is 5.74. The highest BCUT2D eigenvalue weighted by molar-refractivity contribution is 7.08. The zero-order valence-electron chi connectivity index (χ0n) is 18.9. The Hall–Kier alpha value is -2.81. The summed E-state index contributed by atoms with van der Waals surface area (Å²) in [7, 11) is 0. The summed E-state index contributed by atoms with van der Waals surface area (Å²) in [5.74, 6) is -0.437. The quantitative estimate of drug-likeness (QED) is 0.393. The van der Waals surface area contributed by atoms with Crippen LogP contribution in [0, 0.1) is 11.7 Å². The van der Waals surface area contributed by atoms with Crippen LogP contribution >= 0.6 is 11.5 Å². The van der Waals surface area contributed by atoms with Gasteiger partial charge in [0.25, 0.3) is 5.91 Å². The number of likely N-dealkylation sites (tertiary alicyclic amines) is 1. The molecule has 1 aliphatic carbocycles. The van der Waals surface area contributed by atoms with Crippen LogP contribution in [0.3, 0.4) is 0 Å². The Balaban J connectivity index is 1.58. The molecule has 35 heavy (non-hydrogen) atoms. The molecule has 2 aromatic carbocycles. The van der Waals surface area contributed by atoms with Crippen LogP contribution in [0.4, 0.5) is 22.0 Å². The second-order valence-electron chi connectivity index (χ2n) is 9.63. The van der Waals surface area contributed by atoms with E-state index in [4.69, 9.17) is 0 Å². The van der Waals surface area contributed by atoms with Crippen molar-refractivity contribution in [1.82, 2.24) is 9.27 Å². The lowest BCUT2D eigenvalue weighted by Gasteiger charge is -2.41. The standard InChI is InChI=1S/C26H23F5N2OS/c1-24(28,26(29,30)31)18-6-9-21-17(12-18)4-5-19-14-33(23(34)22-10-11-32-35-22)15-25(19,21)13-16-2-7-20(27)8-3-16/h2-3,6-12,19H,4-5,13-15H2,1H3. The monoisotopic (exact) mass is 506 g/mol. The van der Waals surface area contributed by atoms with Gasteiger partial charge in [0, 0.05) is 24.7 Å². The number of aryl methyl sites for hydroxylation is 1. The summed E-state index contributed by atoms with van der Waals surface area (Å²) in [5, 5.41) is 0. The molecule has 3 unspecified atom stereocenters. The van der Waals surface area contributed by atoms with Crippen LogP contribution in [0.25, 0.3) is 0 Å². The van der Waals surface area contributed by atoms with Gasteiger partial charge in [0.05, 0.1) is 0 Å². The summed E-state index contributed by atoms with van der Waals surface area (Å²) in [4.78, 5) is 15.5. The van der Waals surface area contributed by atoms with Gasteiger partial charge in [0.15, 0.2) is 0 Å². The summed E-state index contributed by atoms with van der Waals surface area (Å²) in [6, 6.07) is 12.0. The van der Waals surface area contributed by atoms with Crippen molar-refractivity contribution in [3.05, 3.63) is 87.7 Å². The molecule has 0 radical (unpaired) electrons. The van der Waals surface area contributed by atoms with Gasteiger partial charge in [-0.25, -0.2) is 13.2 Å². The molecular formula is C26H23F5N2OS. The summed E-state index contributed by atoms with van der Waals surface area (Å²) in [5.41, 5.74) is -2.09. The zero-order valence-corrected chi connectivity index (χ0v) is 19.7. The van der Waals surface area contributed by atoms with E-state index in [0.29, 0.717) is 49.7 Å². The van der Waals surface area contributed by atoms with Crippen LogP contribution < -0.4 is 0 Å².